The summed E-state index contributed by atoms with van der Waals surface area (Å²) in [5, 5.41) is 9.84. The summed E-state index contributed by atoms with van der Waals surface area (Å²) in [6.07, 6.45) is 2.33. The first-order valence-corrected chi connectivity index (χ1v) is 7.64. The summed E-state index contributed by atoms with van der Waals surface area (Å²) in [6.45, 7) is 3.09. The molecule has 1 atom stereocenters. The van der Waals surface area contributed by atoms with Crippen molar-refractivity contribution in [1.82, 2.24) is 10.2 Å². The molecule has 0 saturated carbocycles. The number of aromatic nitrogens is 2. The van der Waals surface area contributed by atoms with Gasteiger partial charge in [-0.05, 0) is 24.6 Å². The highest BCUT2D eigenvalue weighted by Gasteiger charge is 2.03. The summed E-state index contributed by atoms with van der Waals surface area (Å²) >= 11 is 3.65. The number of nitrogens with zero attached hydrogens (tertiary/aromatic N) is 1. The Bertz CT molecular complexity index is 574. The number of rotatable bonds is 6. The van der Waals surface area contributed by atoms with Crippen LogP contribution in [0.1, 0.15) is 19.8 Å². The van der Waals surface area contributed by atoms with Gasteiger partial charge in [-0.1, -0.05) is 41.4 Å². The fourth-order valence-electron chi connectivity index (χ4n) is 1.91. The number of halogens is 1. The Morgan fingerprint density at radius 3 is 2.60 bits per heavy atom. The topological polar surface area (TPSA) is 57.8 Å². The fraction of sp³-hybridized carbons (Fsp3) is 0.333. The molecule has 0 saturated heterocycles. The van der Waals surface area contributed by atoms with Crippen molar-refractivity contribution >= 4 is 21.6 Å². The molecule has 1 aromatic heterocycles. The van der Waals surface area contributed by atoms with E-state index in [1.165, 1.54) is 12.5 Å². The maximum Gasteiger partial charge on any atom is 0.264 e. The Morgan fingerprint density at radius 2 is 2.00 bits per heavy atom. The van der Waals surface area contributed by atoms with Crippen LogP contribution in [0.4, 0.5) is 5.69 Å². The average molecular weight is 336 g/mol. The monoisotopic (exact) mass is 335 g/mol. The van der Waals surface area contributed by atoms with Crippen LogP contribution in [0, 0.1) is 0 Å². The lowest BCUT2D eigenvalue weighted by Crippen LogP contribution is -2.13. The van der Waals surface area contributed by atoms with Gasteiger partial charge in [-0.2, -0.15) is 5.10 Å². The predicted molar refractivity (Wildman–Crippen MR) is 86.4 cm³/mol. The zero-order valence-corrected chi connectivity index (χ0v) is 13.0. The zero-order valence-electron chi connectivity index (χ0n) is 11.4. The molecule has 0 aliphatic heterocycles. The van der Waals surface area contributed by atoms with Crippen LogP contribution >= 0.6 is 15.9 Å². The van der Waals surface area contributed by atoms with Crippen molar-refractivity contribution in [2.24, 2.45) is 0 Å². The summed E-state index contributed by atoms with van der Waals surface area (Å²) in [6, 6.07) is 11.2. The SMILES string of the molecule is CCCC(Br)CNc1ccc(-c2ccc(=O)[nH]n2)cc1. The molecule has 4 nitrogen and oxygen atoms in total. The summed E-state index contributed by atoms with van der Waals surface area (Å²) in [5.41, 5.74) is 2.64. The molecule has 0 spiro atoms. The van der Waals surface area contributed by atoms with Crippen molar-refractivity contribution in [3.05, 3.63) is 46.8 Å². The highest BCUT2D eigenvalue weighted by atomic mass is 79.9. The molecule has 0 bridgehead atoms. The number of alkyl halides is 1. The molecule has 0 radical (unpaired) electrons. The van der Waals surface area contributed by atoms with Gasteiger partial charge < -0.3 is 5.32 Å². The maximum absolute atomic E-state index is 11.0. The molecular weight excluding hydrogens is 318 g/mol. The third kappa shape index (κ3) is 4.20. The molecule has 0 fully saturated rings. The van der Waals surface area contributed by atoms with E-state index in [0.717, 1.165) is 29.9 Å². The Hall–Kier alpha value is -1.62. The van der Waals surface area contributed by atoms with Crippen LogP contribution in [0.25, 0.3) is 11.3 Å². The number of nitrogens with one attached hydrogen (secondary N) is 2. The molecule has 20 heavy (non-hydrogen) atoms. The van der Waals surface area contributed by atoms with Crippen LogP contribution in [0.3, 0.4) is 0 Å². The Morgan fingerprint density at radius 1 is 1.25 bits per heavy atom. The number of anilines is 1. The van der Waals surface area contributed by atoms with Gasteiger partial charge in [0.2, 0.25) is 0 Å². The number of benzene rings is 1. The second-order valence-corrected chi connectivity index (χ2v) is 5.95. The lowest BCUT2D eigenvalue weighted by molar-refractivity contribution is 0.770. The van der Waals surface area contributed by atoms with Crippen molar-refractivity contribution < 1.29 is 0 Å². The maximum atomic E-state index is 11.0. The summed E-state index contributed by atoms with van der Waals surface area (Å²) in [5.74, 6) is 0. The second-order valence-electron chi connectivity index (χ2n) is 4.65. The van der Waals surface area contributed by atoms with E-state index in [4.69, 9.17) is 0 Å². The van der Waals surface area contributed by atoms with Crippen LogP contribution in [-0.2, 0) is 0 Å². The first-order valence-electron chi connectivity index (χ1n) is 6.73. The van der Waals surface area contributed by atoms with E-state index in [-0.39, 0.29) is 5.56 Å². The van der Waals surface area contributed by atoms with Crippen LogP contribution in [0.2, 0.25) is 0 Å². The molecular formula is C15H18BrN3O. The average Bonchev–Trinajstić information content (AvgIpc) is 2.47. The minimum atomic E-state index is -0.189. The normalized spacial score (nSPS) is 12.1. The number of H-pyrrole nitrogens is 1. The van der Waals surface area contributed by atoms with E-state index in [2.05, 4.69) is 38.4 Å². The van der Waals surface area contributed by atoms with Crippen LogP contribution in [0.5, 0.6) is 0 Å². The lowest BCUT2D eigenvalue weighted by atomic mass is 10.1. The van der Waals surface area contributed by atoms with Gasteiger partial charge in [-0.3, -0.25) is 4.79 Å². The van der Waals surface area contributed by atoms with Gasteiger partial charge in [0.05, 0.1) is 5.69 Å². The molecule has 1 heterocycles. The zero-order chi connectivity index (χ0) is 14.4. The van der Waals surface area contributed by atoms with E-state index < -0.39 is 0 Å². The van der Waals surface area contributed by atoms with Crippen molar-refractivity contribution in [2.45, 2.75) is 24.6 Å². The smallest absolute Gasteiger partial charge is 0.264 e. The predicted octanol–water partition coefficient (Wildman–Crippen LogP) is 3.41. The Labute approximate surface area is 126 Å². The molecule has 1 unspecified atom stereocenters. The van der Waals surface area contributed by atoms with Crippen molar-refractivity contribution in [1.29, 1.82) is 0 Å². The molecule has 0 aliphatic rings. The quantitative estimate of drug-likeness (QED) is 0.795. The standard InChI is InChI=1S/C15H18BrN3O/c1-2-3-12(16)10-17-13-6-4-11(5-7-13)14-8-9-15(20)19-18-14/h4-9,12,17H,2-3,10H2,1H3,(H,19,20). The highest BCUT2D eigenvalue weighted by molar-refractivity contribution is 9.09. The van der Waals surface area contributed by atoms with Crippen molar-refractivity contribution in [3.63, 3.8) is 0 Å². The largest absolute Gasteiger partial charge is 0.384 e. The van der Waals surface area contributed by atoms with E-state index in [1.807, 2.05) is 24.3 Å². The number of hydrogen-bond donors (Lipinski definition) is 2. The molecule has 2 aromatic rings. The van der Waals surface area contributed by atoms with Gasteiger partial charge in [0.25, 0.3) is 5.56 Å². The summed E-state index contributed by atoms with van der Waals surface area (Å²) < 4.78 is 0. The van der Waals surface area contributed by atoms with Crippen molar-refractivity contribution in [2.75, 3.05) is 11.9 Å². The van der Waals surface area contributed by atoms with E-state index in [1.54, 1.807) is 6.07 Å². The highest BCUT2D eigenvalue weighted by Crippen LogP contribution is 2.18. The minimum absolute atomic E-state index is 0.189. The molecule has 0 amide bonds. The third-order valence-electron chi connectivity index (χ3n) is 2.99. The van der Waals surface area contributed by atoms with E-state index >= 15 is 0 Å². The number of hydrogen-bond acceptors (Lipinski definition) is 3. The molecule has 106 valence electrons. The molecule has 2 N–H and O–H groups in total. The Balaban J connectivity index is 1.99. The van der Waals surface area contributed by atoms with Gasteiger partial charge in [0.1, 0.15) is 0 Å². The molecule has 2 rings (SSSR count). The van der Waals surface area contributed by atoms with Crippen LogP contribution < -0.4 is 10.9 Å². The lowest BCUT2D eigenvalue weighted by Gasteiger charge is -2.11. The van der Waals surface area contributed by atoms with Gasteiger partial charge >= 0.3 is 0 Å². The van der Waals surface area contributed by atoms with E-state index in [0.29, 0.717) is 4.83 Å². The first-order chi connectivity index (χ1) is 9.69. The van der Waals surface area contributed by atoms with E-state index in [9.17, 15) is 4.79 Å². The fourth-order valence-corrected chi connectivity index (χ4v) is 2.53. The molecule has 1 aromatic carbocycles. The Kier molecular flexibility index (Phi) is 5.35. The number of aromatic amines is 1. The minimum Gasteiger partial charge on any atom is -0.384 e. The second kappa shape index (κ2) is 7.24. The van der Waals surface area contributed by atoms with Crippen LogP contribution in [0.15, 0.2) is 41.2 Å². The summed E-state index contributed by atoms with van der Waals surface area (Å²) in [7, 11) is 0. The van der Waals surface area contributed by atoms with Gasteiger partial charge in [-0.25, -0.2) is 5.10 Å². The van der Waals surface area contributed by atoms with Gasteiger partial charge in [0, 0.05) is 28.7 Å². The van der Waals surface area contributed by atoms with Gasteiger partial charge in [-0.15, -0.1) is 0 Å². The summed E-state index contributed by atoms with van der Waals surface area (Å²) in [4.78, 5) is 11.5. The first kappa shape index (κ1) is 14.8. The molecule has 5 heteroatoms. The van der Waals surface area contributed by atoms with Crippen molar-refractivity contribution in [3.8, 4) is 11.3 Å². The molecule has 0 aliphatic carbocycles. The van der Waals surface area contributed by atoms with Gasteiger partial charge in [0.15, 0.2) is 0 Å². The van der Waals surface area contributed by atoms with Crippen LogP contribution in [-0.4, -0.2) is 21.6 Å². The third-order valence-corrected chi connectivity index (χ3v) is 3.77.